The second kappa shape index (κ2) is 8.24. The third-order valence-corrected chi connectivity index (χ3v) is 8.75. The zero-order valence-corrected chi connectivity index (χ0v) is 18.9. The molecule has 30 heavy (non-hydrogen) atoms. The Morgan fingerprint density at radius 3 is 2.27 bits per heavy atom. The average Bonchev–Trinajstić information content (AvgIpc) is 2.88. The minimum Gasteiger partial charge on any atom is -0.481 e. The van der Waals surface area contributed by atoms with Gasteiger partial charge >= 0.3 is 5.97 Å². The van der Waals surface area contributed by atoms with E-state index < -0.39 is 16.3 Å². The predicted molar refractivity (Wildman–Crippen MR) is 124 cm³/mol. The van der Waals surface area contributed by atoms with Crippen molar-refractivity contribution in [2.45, 2.75) is 37.5 Å². The molecule has 158 valence electrons. The molecule has 1 amide bonds. The quantitative estimate of drug-likeness (QED) is 0.487. The van der Waals surface area contributed by atoms with E-state index in [1.165, 1.54) is 4.90 Å². The molecule has 1 saturated heterocycles. The Hall–Kier alpha value is -2.64. The van der Waals surface area contributed by atoms with Crippen molar-refractivity contribution in [2.75, 3.05) is 6.54 Å². The van der Waals surface area contributed by atoms with Crippen LogP contribution in [0.4, 0.5) is 0 Å². The maximum absolute atomic E-state index is 13.0. The van der Waals surface area contributed by atoms with Crippen LogP contribution in [0.1, 0.15) is 32.8 Å². The molecule has 1 fully saturated rings. The van der Waals surface area contributed by atoms with E-state index in [1.807, 2.05) is 54.6 Å². The number of rotatable bonds is 6. The number of carboxylic acids is 1. The fourth-order valence-corrected chi connectivity index (χ4v) is 6.77. The predicted octanol–water partition coefficient (Wildman–Crippen LogP) is 5.26. The number of hydrogen-bond acceptors (Lipinski definition) is 4. The fraction of sp³-hybridized carbons (Fsp3) is 0.261. The maximum atomic E-state index is 13.0. The number of hydrogen-bond donors (Lipinski definition) is 1. The lowest BCUT2D eigenvalue weighted by molar-refractivity contribution is -0.137. The summed E-state index contributed by atoms with van der Waals surface area (Å²) in [4.78, 5) is 26.4. The number of thiocarbonyl (C=S) groups is 1. The van der Waals surface area contributed by atoms with E-state index in [1.54, 1.807) is 0 Å². The van der Waals surface area contributed by atoms with Crippen LogP contribution in [0.25, 0.3) is 0 Å². The Morgan fingerprint density at radius 2 is 1.73 bits per heavy atom. The lowest BCUT2D eigenvalue weighted by atomic mass is 9.87. The Balaban J connectivity index is 2.05. The van der Waals surface area contributed by atoms with E-state index in [2.05, 4.69) is 27.4 Å². The highest BCUT2D eigenvalue weighted by molar-refractivity contribution is 8.50. The fourth-order valence-electron chi connectivity index (χ4n) is 3.16. The van der Waals surface area contributed by atoms with Gasteiger partial charge in [-0.15, -0.1) is 0 Å². The monoisotopic (exact) mass is 443 g/mol. The van der Waals surface area contributed by atoms with E-state index in [9.17, 15) is 9.59 Å². The zero-order valence-electron chi connectivity index (χ0n) is 17.3. The van der Waals surface area contributed by atoms with Gasteiger partial charge in [0.25, 0.3) is 5.91 Å². The van der Waals surface area contributed by atoms with Gasteiger partial charge in [0, 0.05) is 21.7 Å². The van der Waals surface area contributed by atoms with Crippen LogP contribution in [0.2, 0.25) is 0 Å². The van der Waals surface area contributed by atoms with Gasteiger partial charge in [-0.05, 0) is 47.5 Å². The molecule has 1 atom stereocenters. The molecule has 1 aliphatic rings. The summed E-state index contributed by atoms with van der Waals surface area (Å²) in [6, 6.07) is 17.1. The minimum atomic E-state index is -2.52. The first kappa shape index (κ1) is 22.1. The standard InChI is InChI=1S/C23H25NO4S2/c1-16-21(27)24(15-14-20(25)26)22(29)30(16,19-8-6-5-7-9-19)28-18-12-10-17(11-13-18)23(2,3)4/h5-13H,1,14-15H2,2-4H3,(H,25,26). The van der Waals surface area contributed by atoms with Crippen LogP contribution >= 0.6 is 22.5 Å². The second-order valence-corrected chi connectivity index (χ2v) is 11.3. The molecule has 3 rings (SSSR count). The third-order valence-electron chi connectivity index (χ3n) is 4.86. The summed E-state index contributed by atoms with van der Waals surface area (Å²) in [7, 11) is -2.52. The first-order valence-corrected chi connectivity index (χ1v) is 11.5. The van der Waals surface area contributed by atoms with E-state index in [4.69, 9.17) is 21.5 Å². The number of amides is 1. The first-order chi connectivity index (χ1) is 14.1. The van der Waals surface area contributed by atoms with E-state index in [0.29, 0.717) is 5.75 Å². The Bertz CT molecular complexity index is 996. The van der Waals surface area contributed by atoms with Gasteiger partial charge in [-0.1, -0.05) is 57.7 Å². The normalized spacial score (nSPS) is 21.4. The highest BCUT2D eigenvalue weighted by Gasteiger charge is 2.51. The second-order valence-electron chi connectivity index (χ2n) is 8.02. The summed E-state index contributed by atoms with van der Waals surface area (Å²) >= 11 is 5.71. The van der Waals surface area contributed by atoms with Gasteiger partial charge in [-0.3, -0.25) is 14.5 Å². The van der Waals surface area contributed by atoms with E-state index >= 15 is 0 Å². The maximum Gasteiger partial charge on any atom is 0.305 e. The largest absolute Gasteiger partial charge is 0.481 e. The molecule has 5 nitrogen and oxygen atoms in total. The molecule has 0 spiro atoms. The smallest absolute Gasteiger partial charge is 0.305 e. The van der Waals surface area contributed by atoms with Crippen molar-refractivity contribution in [1.29, 1.82) is 0 Å². The number of carbonyl (C=O) groups is 2. The van der Waals surface area contributed by atoms with E-state index in [-0.39, 0.29) is 33.5 Å². The molecule has 0 aromatic heterocycles. The Labute approximate surface area is 183 Å². The Morgan fingerprint density at radius 1 is 1.13 bits per heavy atom. The van der Waals surface area contributed by atoms with Crippen molar-refractivity contribution in [1.82, 2.24) is 4.90 Å². The summed E-state index contributed by atoms with van der Waals surface area (Å²) in [5.74, 6) is -0.799. The molecule has 1 heterocycles. The number of aliphatic carboxylic acids is 1. The van der Waals surface area contributed by atoms with Crippen molar-refractivity contribution < 1.29 is 18.9 Å². The van der Waals surface area contributed by atoms with Crippen LogP contribution in [0.5, 0.6) is 5.75 Å². The van der Waals surface area contributed by atoms with Crippen LogP contribution in [0, 0.1) is 0 Å². The van der Waals surface area contributed by atoms with Gasteiger partial charge in [0.05, 0.1) is 11.3 Å². The van der Waals surface area contributed by atoms with Crippen molar-refractivity contribution in [2.24, 2.45) is 0 Å². The summed E-state index contributed by atoms with van der Waals surface area (Å²) in [5.41, 5.74) is 1.16. The molecule has 0 saturated carbocycles. The summed E-state index contributed by atoms with van der Waals surface area (Å²) in [6.07, 6.45) is -0.205. The van der Waals surface area contributed by atoms with Crippen LogP contribution in [0.15, 0.2) is 71.0 Å². The van der Waals surface area contributed by atoms with Crippen molar-refractivity contribution in [3.8, 4) is 5.75 Å². The van der Waals surface area contributed by atoms with E-state index in [0.717, 1.165) is 10.5 Å². The van der Waals surface area contributed by atoms with Gasteiger partial charge in [0.15, 0.2) is 4.32 Å². The highest BCUT2D eigenvalue weighted by atomic mass is 32.3. The van der Waals surface area contributed by atoms with Crippen molar-refractivity contribution in [3.05, 3.63) is 71.6 Å². The zero-order chi connectivity index (χ0) is 22.1. The number of nitrogens with zero attached hydrogens (tertiary/aromatic N) is 1. The first-order valence-electron chi connectivity index (χ1n) is 9.52. The Kier molecular flexibility index (Phi) is 6.06. The molecule has 1 aliphatic heterocycles. The van der Waals surface area contributed by atoms with Gasteiger partial charge in [0.2, 0.25) is 0 Å². The molecule has 0 aliphatic carbocycles. The lowest BCUT2D eigenvalue weighted by Crippen LogP contribution is -2.31. The molecule has 7 heteroatoms. The third kappa shape index (κ3) is 4.00. The van der Waals surface area contributed by atoms with Crippen molar-refractivity contribution in [3.63, 3.8) is 0 Å². The summed E-state index contributed by atoms with van der Waals surface area (Å²) < 4.78 is 6.76. The molecular formula is C23H25NO4S2. The molecule has 2 aromatic rings. The molecule has 1 N–H and O–H groups in total. The SMILES string of the molecule is C=C1C(=O)N(CCC(=O)O)C(=S)S1(Oc1ccc(C(C)(C)C)cc1)c1ccccc1. The summed E-state index contributed by atoms with van der Waals surface area (Å²) in [5, 5.41) is 9.06. The molecular weight excluding hydrogens is 418 g/mol. The van der Waals surface area contributed by atoms with Gasteiger partial charge in [-0.25, -0.2) is 0 Å². The molecule has 1 unspecified atom stereocenters. The highest BCUT2D eigenvalue weighted by Crippen LogP contribution is 2.67. The summed E-state index contributed by atoms with van der Waals surface area (Å²) in [6.45, 7) is 10.4. The van der Waals surface area contributed by atoms with Crippen LogP contribution in [-0.4, -0.2) is 32.7 Å². The van der Waals surface area contributed by atoms with Gasteiger partial charge in [-0.2, -0.15) is 0 Å². The topological polar surface area (TPSA) is 66.8 Å². The number of carboxylic acid groups (broad SMARTS) is 1. The number of benzene rings is 2. The van der Waals surface area contributed by atoms with Crippen LogP contribution < -0.4 is 4.18 Å². The van der Waals surface area contributed by atoms with Crippen LogP contribution in [-0.2, 0) is 15.0 Å². The van der Waals surface area contributed by atoms with Gasteiger partial charge in [0.1, 0.15) is 5.75 Å². The molecule has 0 bridgehead atoms. The average molecular weight is 444 g/mol. The number of carbonyl (C=O) groups excluding carboxylic acids is 1. The van der Waals surface area contributed by atoms with Crippen LogP contribution in [0.3, 0.4) is 0 Å². The lowest BCUT2D eigenvalue weighted by Gasteiger charge is -2.36. The van der Waals surface area contributed by atoms with Crippen molar-refractivity contribution >= 4 is 38.7 Å². The minimum absolute atomic E-state index is 0.00163. The molecule has 2 aromatic carbocycles. The molecule has 0 radical (unpaired) electrons. The van der Waals surface area contributed by atoms with Gasteiger partial charge < -0.3 is 9.29 Å².